The molecule has 0 bridgehead atoms. The van der Waals surface area contributed by atoms with Gasteiger partial charge < -0.3 is 128 Å². The minimum atomic E-state index is -0.324. The van der Waals surface area contributed by atoms with Crippen LogP contribution in [0, 0.1) is 39.9 Å². The van der Waals surface area contributed by atoms with E-state index in [0.29, 0.717) is 134 Å². The number of unbranched alkanes of at least 4 members (excludes halogenated alkanes) is 3. The number of esters is 1. The lowest BCUT2D eigenvalue weighted by molar-refractivity contribution is -0.167. The van der Waals surface area contributed by atoms with Crippen LogP contribution in [-0.4, -0.2) is 320 Å². The average molecular weight is 1900 g/mol. The number of ether oxygens (including phenoxy) is 25. The number of likely N-dealkylation sites (N-methyl/N-ethyl adjacent to an activating group) is 2. The van der Waals surface area contributed by atoms with Crippen molar-refractivity contribution in [2.45, 2.75) is 187 Å². The number of benzene rings is 1. The Hall–Kier alpha value is -7.93. The van der Waals surface area contributed by atoms with E-state index in [0.717, 1.165) is 188 Å². The Morgan fingerprint density at radius 3 is 1.06 bits per heavy atom. The molecule has 32 heteroatoms. The Kier molecular flexibility index (Phi) is 69.1. The van der Waals surface area contributed by atoms with E-state index in [4.69, 9.17) is 118 Å². The summed E-state index contributed by atoms with van der Waals surface area (Å²) < 4.78 is 130. The van der Waals surface area contributed by atoms with Gasteiger partial charge in [0, 0.05) is 85.4 Å². The second-order valence-corrected chi connectivity index (χ2v) is 34.0. The van der Waals surface area contributed by atoms with Crippen LogP contribution in [0.5, 0.6) is 5.75 Å². The summed E-state index contributed by atoms with van der Waals surface area (Å²) >= 11 is 0. The van der Waals surface area contributed by atoms with Crippen molar-refractivity contribution >= 4 is 18.0 Å². The molecule has 6 atom stereocenters. The van der Waals surface area contributed by atoms with Gasteiger partial charge in [0.15, 0.2) is 12.3 Å². The van der Waals surface area contributed by atoms with Crippen molar-refractivity contribution in [2.24, 2.45) is 39.9 Å². The third-order valence-corrected chi connectivity index (χ3v) is 23.3. The summed E-state index contributed by atoms with van der Waals surface area (Å²) in [7, 11) is 3.07. The van der Waals surface area contributed by atoms with Gasteiger partial charge in [-0.1, -0.05) is 118 Å². The van der Waals surface area contributed by atoms with E-state index < -0.39 is 0 Å². The van der Waals surface area contributed by atoms with Crippen LogP contribution in [0.2, 0.25) is 0 Å². The quantitative estimate of drug-likeness (QED) is 0.0192. The molecule has 0 radical (unpaired) electrons. The van der Waals surface area contributed by atoms with Crippen LogP contribution < -0.4 is 4.74 Å². The molecule has 0 spiro atoms. The molecular weight excluding hydrogens is 1730 g/mol. The molecule has 10 aliphatic rings. The predicted octanol–water partition coefficient (Wildman–Crippen LogP) is 16.8. The van der Waals surface area contributed by atoms with Gasteiger partial charge in [0.1, 0.15) is 63.4 Å². The molecule has 768 valence electrons. The highest BCUT2D eigenvalue weighted by Crippen LogP contribution is 2.37. The molecule has 4 amide bonds. The van der Waals surface area contributed by atoms with E-state index in [9.17, 15) is 14.4 Å². The number of amides is 4. The molecule has 8 heterocycles. The Morgan fingerprint density at radius 2 is 0.739 bits per heavy atom. The van der Waals surface area contributed by atoms with Crippen molar-refractivity contribution in [3.05, 3.63) is 158 Å². The van der Waals surface area contributed by atoms with Crippen LogP contribution in [0.4, 0.5) is 9.59 Å². The van der Waals surface area contributed by atoms with E-state index in [-0.39, 0.29) is 60.1 Å². The average Bonchev–Trinajstić information content (AvgIpc) is 1.57. The van der Waals surface area contributed by atoms with Gasteiger partial charge in [-0.25, -0.2) is 14.4 Å². The normalized spacial score (nSPS) is 21.6. The molecule has 6 unspecified atom stereocenters. The van der Waals surface area contributed by atoms with Crippen molar-refractivity contribution in [3.8, 4) is 5.75 Å². The van der Waals surface area contributed by atoms with Crippen LogP contribution >= 0.6 is 0 Å². The molecule has 10 fully saturated rings. The van der Waals surface area contributed by atoms with Gasteiger partial charge >= 0.3 is 18.0 Å². The first-order valence-electron chi connectivity index (χ1n) is 48.1. The standard InChI is InChI=1S/C14H24O4.C12H22N4O4.C12H22O4.C12H20O3.C12H16O2.C12H20O2.C10H16O3.C10H18O3.C8H14O3/c1-2-12(6-16-8-14-10-18-14)4-3-11(1)5-15-7-13-9-17-13;1-5-13-9-10(14(6-2)11(13)17)16(8-20-4)12(18)15(9)7-19-3;1(3-5-13-7-11-9-15-11)2-4-6-14-8-12-10-16-12;1-5-12(9-13-6-2,10-14-7-3)11-15-8-4;1-2-12(8-13-9-12)10-14-11-6-4-3-5-7-11;1-3-13-9-11-5-7-12(8-6-11)10-14-4-2;1-4-10(5-12-6-10)7-13-9(11)8(2)3;1-3-11-7-5-9-13-10-6-8-12-4-2;1-3-9-5-7-11-8-6-10-4-2/h11-14H,1-10H2;9-10H,5-8H2,1-4H3;11-12H,1-10H2;6-8H,2-5,9-11H2,1H3;3-7H,2,8-10H2,1H3;3-4,11-12H,1-2,5-10H2;2,4-7H2,1,3H3;3-4H,1-2,5-10H2;3-4H,1-2,5-8H2. The molecule has 8 saturated heterocycles. The molecule has 134 heavy (non-hydrogen) atoms. The Labute approximate surface area is 803 Å². The summed E-state index contributed by atoms with van der Waals surface area (Å²) in [6, 6.07) is 9.73. The van der Waals surface area contributed by atoms with Gasteiger partial charge in [-0.15, -0.1) is 0 Å². The zero-order valence-electron chi connectivity index (χ0n) is 82.9. The van der Waals surface area contributed by atoms with E-state index in [1.54, 1.807) is 26.5 Å². The zero-order chi connectivity index (χ0) is 97.8. The molecular formula is C102H172N4O28. The summed E-state index contributed by atoms with van der Waals surface area (Å²) in [6.07, 6.45) is 33.7. The summed E-state index contributed by atoms with van der Waals surface area (Å²) in [5.41, 5.74) is 0.615. The summed E-state index contributed by atoms with van der Waals surface area (Å²) in [5.74, 6) is 3.59. The summed E-state index contributed by atoms with van der Waals surface area (Å²) in [4.78, 5) is 42.5. The number of methoxy groups -OCH3 is 2. The predicted molar refractivity (Wildman–Crippen MR) is 516 cm³/mol. The van der Waals surface area contributed by atoms with Crippen LogP contribution in [0.25, 0.3) is 0 Å². The second-order valence-electron chi connectivity index (χ2n) is 34.0. The third-order valence-electron chi connectivity index (χ3n) is 23.3. The highest BCUT2D eigenvalue weighted by Gasteiger charge is 2.58. The van der Waals surface area contributed by atoms with Crippen molar-refractivity contribution < 1.29 is 133 Å². The minimum Gasteiger partial charge on any atom is -0.502 e. The van der Waals surface area contributed by atoms with Gasteiger partial charge in [0.05, 0.1) is 218 Å². The molecule has 11 rings (SSSR count). The fourth-order valence-corrected chi connectivity index (χ4v) is 14.1. The molecule has 1 aromatic carbocycles. The van der Waals surface area contributed by atoms with Crippen molar-refractivity contribution in [1.29, 1.82) is 0 Å². The largest absolute Gasteiger partial charge is 0.502 e. The zero-order valence-corrected chi connectivity index (χ0v) is 82.9. The number of carbonyl (C=O) groups is 3. The van der Waals surface area contributed by atoms with Crippen molar-refractivity contribution in [3.63, 3.8) is 0 Å². The molecule has 0 aromatic heterocycles. The summed E-state index contributed by atoms with van der Waals surface area (Å²) in [6.45, 7) is 70.8. The molecule has 2 aliphatic carbocycles. The Bertz CT molecular complexity index is 3030. The third kappa shape index (κ3) is 54.9. The number of nitrogens with zero attached hydrogens (tertiary/aromatic N) is 4. The number of carbonyl (C=O) groups excluding carboxylic acids is 3. The number of urea groups is 2. The highest BCUT2D eigenvalue weighted by molar-refractivity contribution is 5.87. The lowest BCUT2D eigenvalue weighted by atomic mass is 9.83. The number of rotatable bonds is 67. The fourth-order valence-electron chi connectivity index (χ4n) is 14.1. The van der Waals surface area contributed by atoms with Crippen LogP contribution in [0.15, 0.2) is 158 Å². The maximum absolute atomic E-state index is 12.5. The molecule has 0 N–H and O–H groups in total. The van der Waals surface area contributed by atoms with E-state index >= 15 is 0 Å². The maximum Gasteiger partial charge on any atom is 0.333 e. The van der Waals surface area contributed by atoms with Crippen LogP contribution in [0.1, 0.15) is 151 Å². The lowest BCUT2D eigenvalue weighted by Crippen LogP contribution is -2.47. The van der Waals surface area contributed by atoms with E-state index in [2.05, 4.69) is 86.6 Å². The van der Waals surface area contributed by atoms with Crippen LogP contribution in [0.3, 0.4) is 0 Å². The van der Waals surface area contributed by atoms with Crippen molar-refractivity contribution in [1.82, 2.24) is 19.6 Å². The smallest absolute Gasteiger partial charge is 0.333 e. The number of para-hydroxylation sites is 1. The number of fused-ring (bicyclic) bond motifs is 1. The molecule has 32 nitrogen and oxygen atoms in total. The Morgan fingerprint density at radius 1 is 0.403 bits per heavy atom. The van der Waals surface area contributed by atoms with Gasteiger partial charge in [0.2, 0.25) is 0 Å². The van der Waals surface area contributed by atoms with Gasteiger partial charge in [-0.2, -0.15) is 0 Å². The monoisotopic (exact) mass is 1900 g/mol. The second kappa shape index (κ2) is 77.1. The minimum absolute atomic E-state index is 0.0558. The van der Waals surface area contributed by atoms with Crippen molar-refractivity contribution in [2.75, 3.05) is 246 Å². The molecule has 1 aromatic rings. The van der Waals surface area contributed by atoms with Gasteiger partial charge in [-0.05, 0) is 140 Å². The van der Waals surface area contributed by atoms with E-state index in [1.165, 1.54) is 135 Å². The van der Waals surface area contributed by atoms with Crippen LogP contribution in [-0.2, 0) is 118 Å². The molecule has 2 saturated carbocycles. The highest BCUT2D eigenvalue weighted by atomic mass is 16.6. The fraction of sp³-hybridized carbons (Fsp3) is 0.716. The first-order valence-corrected chi connectivity index (χ1v) is 48.1. The Balaban J connectivity index is 0.000000390. The summed E-state index contributed by atoms with van der Waals surface area (Å²) in [5, 5.41) is 0. The first kappa shape index (κ1) is 120. The number of hydrogen-bond donors (Lipinski definition) is 0. The SMILES string of the molecule is C(CCCOCC1CO1)CCOCC1CO1.C1CC(COCC2CO2)CCC1COCC1CO1.C=C(C)C(=O)OCC1(CC)COC1.C=COCC(CC)(COC=C)COC=C.C=COCC1CCC(COC=C)CC1.C=COCCCOCCCOC=C.C=COCCOCCOC=C.CCC1(COc2ccccc2)COC1.CCN1C(=O)N(CC)C2C1N(COC)C(=O)N2COC. The lowest BCUT2D eigenvalue weighted by Gasteiger charge is -2.40. The molecule has 8 aliphatic heterocycles. The first-order chi connectivity index (χ1) is 65.3. The van der Waals surface area contributed by atoms with Gasteiger partial charge in [0.25, 0.3) is 0 Å². The topological polar surface area (TPSA) is 308 Å². The number of epoxide rings is 4. The van der Waals surface area contributed by atoms with Gasteiger partial charge in [-0.3, -0.25) is 9.80 Å². The maximum atomic E-state index is 12.5. The van der Waals surface area contributed by atoms with E-state index in [1.807, 2.05) is 44.2 Å². The number of hydrogen-bond acceptors (Lipinski definition) is 28.